The molecular weight excluding hydrogens is 537 g/mol. The number of fused-ring (bicyclic) bond motifs is 1. The van der Waals surface area contributed by atoms with Gasteiger partial charge in [0.25, 0.3) is 11.8 Å². The summed E-state index contributed by atoms with van der Waals surface area (Å²) in [4.78, 5) is 46.2. The molecule has 0 unspecified atom stereocenters. The van der Waals surface area contributed by atoms with Crippen LogP contribution < -0.4 is 16.3 Å². The third-order valence-electron chi connectivity index (χ3n) is 7.58. The molecule has 5 rings (SSSR count). The van der Waals surface area contributed by atoms with Gasteiger partial charge in [-0.2, -0.15) is 13.2 Å². The minimum Gasteiger partial charge on any atom is -0.354 e. The number of halogens is 3. The number of para-hydroxylation sites is 2. The van der Waals surface area contributed by atoms with E-state index in [9.17, 15) is 27.6 Å². The van der Waals surface area contributed by atoms with Crippen molar-refractivity contribution in [2.24, 2.45) is 5.92 Å². The van der Waals surface area contributed by atoms with Gasteiger partial charge in [0.15, 0.2) is 0 Å². The molecule has 3 heterocycles. The number of rotatable bonds is 6. The number of hydrogen-bond donors (Lipinski definition) is 2. The van der Waals surface area contributed by atoms with E-state index in [4.69, 9.17) is 0 Å². The highest BCUT2D eigenvalue weighted by molar-refractivity contribution is 5.95. The van der Waals surface area contributed by atoms with Gasteiger partial charge in [0, 0.05) is 31.5 Å². The number of pyridine rings is 2. The zero-order chi connectivity index (χ0) is 29.3. The van der Waals surface area contributed by atoms with Gasteiger partial charge in [-0.1, -0.05) is 12.1 Å². The lowest BCUT2D eigenvalue weighted by Crippen LogP contribution is -2.39. The molecule has 0 spiro atoms. The van der Waals surface area contributed by atoms with Gasteiger partial charge in [0.2, 0.25) is 0 Å². The van der Waals surface area contributed by atoms with Crippen molar-refractivity contribution in [3.8, 4) is 5.69 Å². The lowest BCUT2D eigenvalue weighted by Gasteiger charge is -2.29. The fourth-order valence-corrected chi connectivity index (χ4v) is 5.34. The molecule has 3 aromatic heterocycles. The maximum absolute atomic E-state index is 13.6. The highest BCUT2D eigenvalue weighted by atomic mass is 19.4. The molecule has 0 saturated heterocycles. The van der Waals surface area contributed by atoms with Crippen LogP contribution >= 0.6 is 0 Å². The summed E-state index contributed by atoms with van der Waals surface area (Å²) in [6.45, 7) is 1.99. The Labute approximate surface area is 233 Å². The molecule has 0 bridgehead atoms. The number of alkyl halides is 3. The molecule has 41 heavy (non-hydrogen) atoms. The Bertz CT molecular complexity index is 1650. The van der Waals surface area contributed by atoms with Crippen molar-refractivity contribution in [2.75, 3.05) is 7.05 Å². The maximum Gasteiger partial charge on any atom is 0.417 e. The molecule has 1 saturated carbocycles. The zero-order valence-corrected chi connectivity index (χ0v) is 22.5. The molecule has 0 radical (unpaired) electrons. The first kappa shape index (κ1) is 28.1. The molecular formula is C29H29F3N6O3. The first-order chi connectivity index (χ1) is 19.6. The number of benzene rings is 1. The van der Waals surface area contributed by atoms with E-state index in [-0.39, 0.29) is 40.5 Å². The average Bonchev–Trinajstić information content (AvgIpc) is 3.24. The summed E-state index contributed by atoms with van der Waals surface area (Å²) in [6, 6.07) is 11.4. The van der Waals surface area contributed by atoms with Crippen LogP contribution in [0.5, 0.6) is 0 Å². The van der Waals surface area contributed by atoms with Gasteiger partial charge in [-0.25, -0.2) is 9.78 Å². The summed E-state index contributed by atoms with van der Waals surface area (Å²) < 4.78 is 42.6. The first-order valence-corrected chi connectivity index (χ1v) is 13.3. The minimum atomic E-state index is -4.58. The predicted octanol–water partition coefficient (Wildman–Crippen LogP) is 4.26. The second-order valence-electron chi connectivity index (χ2n) is 10.2. The Kier molecular flexibility index (Phi) is 7.65. The number of carbonyl (C=O) groups excluding carboxylic acids is 2. The van der Waals surface area contributed by atoms with Gasteiger partial charge in [-0.05, 0) is 68.9 Å². The van der Waals surface area contributed by atoms with Crippen LogP contribution in [-0.2, 0) is 12.7 Å². The van der Waals surface area contributed by atoms with Crippen molar-refractivity contribution in [2.45, 2.75) is 51.4 Å². The zero-order valence-electron chi connectivity index (χ0n) is 22.5. The van der Waals surface area contributed by atoms with Crippen molar-refractivity contribution < 1.29 is 22.8 Å². The van der Waals surface area contributed by atoms with Gasteiger partial charge in [0.1, 0.15) is 5.69 Å². The van der Waals surface area contributed by atoms with Gasteiger partial charge in [-0.15, -0.1) is 0 Å². The first-order valence-electron chi connectivity index (χ1n) is 13.3. The Hall–Kier alpha value is -4.48. The largest absolute Gasteiger partial charge is 0.417 e. The third-order valence-corrected chi connectivity index (χ3v) is 7.58. The number of nitrogens with zero attached hydrogens (tertiary/aromatic N) is 4. The van der Waals surface area contributed by atoms with Crippen LogP contribution in [0.25, 0.3) is 16.7 Å². The number of carbonyl (C=O) groups is 2. The van der Waals surface area contributed by atoms with Crippen LogP contribution in [0.2, 0.25) is 0 Å². The molecule has 2 N–H and O–H groups in total. The second-order valence-corrected chi connectivity index (χ2v) is 10.2. The smallest absolute Gasteiger partial charge is 0.354 e. The Morgan fingerprint density at radius 2 is 1.68 bits per heavy atom. The molecule has 1 aliphatic carbocycles. The maximum atomic E-state index is 13.6. The molecule has 214 valence electrons. The molecule has 4 aromatic rings. The monoisotopic (exact) mass is 566 g/mol. The fraction of sp³-hybridized carbons (Fsp3) is 0.345. The third kappa shape index (κ3) is 5.72. The van der Waals surface area contributed by atoms with E-state index < -0.39 is 17.6 Å². The molecule has 1 fully saturated rings. The van der Waals surface area contributed by atoms with Gasteiger partial charge in [-0.3, -0.25) is 23.7 Å². The molecule has 9 nitrogen and oxygen atoms in total. The van der Waals surface area contributed by atoms with E-state index >= 15 is 0 Å². The quantitative estimate of drug-likeness (QED) is 0.363. The molecule has 2 amide bonds. The van der Waals surface area contributed by atoms with Crippen molar-refractivity contribution in [1.29, 1.82) is 0 Å². The Morgan fingerprint density at radius 3 is 2.32 bits per heavy atom. The number of imidazole rings is 1. The summed E-state index contributed by atoms with van der Waals surface area (Å²) in [5.41, 5.74) is 1.26. The summed E-state index contributed by atoms with van der Waals surface area (Å²) in [6.07, 6.45) is 0.393. The SMILES string of the molecule is CNC(=O)c1ccc(-n2c(=O)n(C[C@H]3CC[C@H](NC(=O)c4cc(C(F)(F)F)cnc4C)CC3)c3ccccc32)cn1. The van der Waals surface area contributed by atoms with Crippen LogP contribution in [0, 0.1) is 12.8 Å². The van der Waals surface area contributed by atoms with E-state index in [1.165, 1.54) is 20.2 Å². The van der Waals surface area contributed by atoms with E-state index in [0.29, 0.717) is 25.1 Å². The van der Waals surface area contributed by atoms with Crippen molar-refractivity contribution in [3.05, 3.63) is 87.9 Å². The van der Waals surface area contributed by atoms with Crippen LogP contribution in [0.3, 0.4) is 0 Å². The van der Waals surface area contributed by atoms with E-state index in [2.05, 4.69) is 20.6 Å². The highest BCUT2D eigenvalue weighted by Crippen LogP contribution is 2.30. The van der Waals surface area contributed by atoms with Crippen molar-refractivity contribution in [3.63, 3.8) is 0 Å². The molecule has 1 aromatic carbocycles. The molecule has 1 aliphatic rings. The lowest BCUT2D eigenvalue weighted by atomic mass is 9.85. The fourth-order valence-electron chi connectivity index (χ4n) is 5.34. The Balaban J connectivity index is 1.29. The second kappa shape index (κ2) is 11.2. The van der Waals surface area contributed by atoms with Crippen LogP contribution in [-0.4, -0.2) is 44.0 Å². The summed E-state index contributed by atoms with van der Waals surface area (Å²) >= 11 is 0. The standard InChI is InChI=1S/C29H29F3N6O3/c1-17-22(13-19(14-34-17)29(30,31)32)26(39)36-20-9-7-18(8-10-20)16-37-24-5-3-4-6-25(24)38(28(37)41)21-11-12-23(35-15-21)27(40)33-2/h3-6,11-15,18,20H,7-10,16H2,1-2H3,(H,33,40)(H,36,39)/t18-,20-. The van der Waals surface area contributed by atoms with Gasteiger partial charge < -0.3 is 10.6 Å². The van der Waals surface area contributed by atoms with Crippen LogP contribution in [0.4, 0.5) is 13.2 Å². The van der Waals surface area contributed by atoms with Crippen LogP contribution in [0.1, 0.15) is 57.8 Å². The summed E-state index contributed by atoms with van der Waals surface area (Å²) in [5.74, 6) is -0.717. The van der Waals surface area contributed by atoms with Crippen molar-refractivity contribution >= 4 is 22.8 Å². The minimum absolute atomic E-state index is 0.0841. The number of amides is 2. The normalized spacial score (nSPS) is 17.4. The number of hydrogen-bond acceptors (Lipinski definition) is 5. The van der Waals surface area contributed by atoms with E-state index in [1.54, 1.807) is 21.3 Å². The Morgan fingerprint density at radius 1 is 0.976 bits per heavy atom. The van der Waals surface area contributed by atoms with Gasteiger partial charge in [0.05, 0.1) is 34.0 Å². The van der Waals surface area contributed by atoms with Gasteiger partial charge >= 0.3 is 11.9 Å². The number of nitrogens with one attached hydrogen (secondary N) is 2. The number of aromatic nitrogens is 4. The van der Waals surface area contributed by atoms with Crippen molar-refractivity contribution in [1.82, 2.24) is 29.7 Å². The number of aryl methyl sites for hydroxylation is 1. The summed E-state index contributed by atoms with van der Waals surface area (Å²) in [7, 11) is 1.52. The van der Waals surface area contributed by atoms with Crippen LogP contribution in [0.15, 0.2) is 59.7 Å². The predicted molar refractivity (Wildman–Crippen MR) is 146 cm³/mol. The van der Waals surface area contributed by atoms with E-state index in [0.717, 1.165) is 36.1 Å². The lowest BCUT2D eigenvalue weighted by molar-refractivity contribution is -0.137. The highest BCUT2D eigenvalue weighted by Gasteiger charge is 2.33. The van der Waals surface area contributed by atoms with E-state index in [1.807, 2.05) is 24.3 Å². The molecule has 0 atom stereocenters. The topological polar surface area (TPSA) is 111 Å². The molecule has 0 aliphatic heterocycles. The average molecular weight is 567 g/mol. The summed E-state index contributed by atoms with van der Waals surface area (Å²) in [5, 5.41) is 5.39. The molecule has 12 heteroatoms.